The largest absolute Gasteiger partial charge is 0.397 e. The first-order valence-corrected chi connectivity index (χ1v) is 22.2. The number of benzene rings is 2. The Morgan fingerprint density at radius 2 is 1.82 bits per heavy atom. The van der Waals surface area contributed by atoms with Crippen molar-refractivity contribution >= 4 is 63.1 Å². The van der Waals surface area contributed by atoms with Gasteiger partial charge in [0, 0.05) is 51.5 Å². The van der Waals surface area contributed by atoms with Gasteiger partial charge in [-0.05, 0) is 87.9 Å². The van der Waals surface area contributed by atoms with Crippen LogP contribution >= 0.6 is 23.5 Å². The molecule has 0 saturated heterocycles. The monoisotopic (exact) mass is 929 g/mol. The van der Waals surface area contributed by atoms with Crippen molar-refractivity contribution in [3.63, 3.8) is 0 Å². The molecule has 2 aliphatic carbocycles. The number of rotatable bonds is 15. The zero-order valence-corrected chi connectivity index (χ0v) is 36.5. The summed E-state index contributed by atoms with van der Waals surface area (Å²) < 4.78 is 124. The Morgan fingerprint density at radius 1 is 1.15 bits per heavy atom. The number of likely N-dealkylation sites (N-methyl/N-ethyl adjacent to an activating group) is 1. The number of anilines is 1. The lowest BCUT2D eigenvalue weighted by molar-refractivity contribution is -0.106. The molecule has 2 aliphatic rings. The van der Waals surface area contributed by atoms with Crippen LogP contribution in [0.25, 0.3) is 22.0 Å². The Morgan fingerprint density at radius 3 is 2.42 bits per heavy atom. The van der Waals surface area contributed by atoms with E-state index in [1.54, 1.807) is 51.4 Å². The fraction of sp³-hybridized carbons (Fsp3) is 0.429. The van der Waals surface area contributed by atoms with Crippen LogP contribution in [0, 0.1) is 35.3 Å². The van der Waals surface area contributed by atoms with Crippen molar-refractivity contribution in [1.82, 2.24) is 20.1 Å². The van der Waals surface area contributed by atoms with E-state index in [-0.39, 0.29) is 18.4 Å². The standard InChI is InChI=1S/C32H34ClF4N5OS2.C10H10F4N2O/c1-6-13-44-41-31-28-25(33)10-9-24(30(28)42(40-31)18-27(36)37)23-8-7-22(11-12-32(2,3)45(5)43)39-29(23)26(38-4)16-19-14-20(34)17-21(35)15-19;11-9(12)7(15)6-4-3-5(4)10(13,14)8(6)16-1-2-17/h7-10,14-15,17,26-27,38H,6,13,16,18H2,1-5H3,(H,40,41);2,4-5,9H,1,3,15H2/b;7-6-,16-8?. The van der Waals surface area contributed by atoms with Crippen molar-refractivity contribution in [2.24, 2.45) is 22.6 Å². The number of hydrogen-bond acceptors (Lipinski definition) is 9. The lowest BCUT2D eigenvalue weighted by Gasteiger charge is -2.21. The zero-order chi connectivity index (χ0) is 45.7. The first-order chi connectivity index (χ1) is 29.2. The summed E-state index contributed by atoms with van der Waals surface area (Å²) >= 11 is 8.05. The SMILES string of the molecule is CCCSNc1nn(CC(F)F)c2c(-c3ccc(C#CC(C)(C)S(C)=O)nc3C(Cc3cc(F)cc(F)c3)NC)ccc(Cl)c12.N/C(=C1\C(=NCC=O)C(F)(F)C2CC12)C(F)F. The summed E-state index contributed by atoms with van der Waals surface area (Å²) in [7, 11) is 0.460. The molecule has 334 valence electrons. The highest BCUT2D eigenvalue weighted by atomic mass is 35.5. The Balaban J connectivity index is 0.000000355. The molecule has 2 aromatic heterocycles. The van der Waals surface area contributed by atoms with Crippen LogP contribution in [0.5, 0.6) is 0 Å². The number of nitrogens with one attached hydrogen (secondary N) is 2. The molecular weight excluding hydrogens is 886 g/mol. The van der Waals surface area contributed by atoms with Crippen LogP contribution in [0.15, 0.2) is 58.7 Å². The maximum absolute atomic E-state index is 14.1. The van der Waals surface area contributed by atoms with Crippen LogP contribution in [0.1, 0.15) is 56.6 Å². The molecule has 4 aromatic rings. The Bertz CT molecular complexity index is 2430. The minimum atomic E-state index is -3.25. The molecule has 0 bridgehead atoms. The van der Waals surface area contributed by atoms with Crippen molar-refractivity contribution < 1.29 is 44.1 Å². The number of fused-ring (bicyclic) bond motifs is 2. The number of nitrogens with two attached hydrogens (primary N) is 1. The quantitative estimate of drug-likeness (QED) is 0.0355. The molecule has 6 rings (SSSR count). The summed E-state index contributed by atoms with van der Waals surface area (Å²) in [6.07, 6.45) is -2.57. The van der Waals surface area contributed by atoms with Gasteiger partial charge >= 0.3 is 0 Å². The number of halogens is 9. The molecule has 2 aromatic carbocycles. The van der Waals surface area contributed by atoms with Crippen LogP contribution in [0.3, 0.4) is 0 Å². The molecule has 9 nitrogen and oxygen atoms in total. The zero-order valence-electron chi connectivity index (χ0n) is 34.1. The van der Waals surface area contributed by atoms with Crippen LogP contribution in [0.2, 0.25) is 5.02 Å². The van der Waals surface area contributed by atoms with Crippen molar-refractivity contribution in [2.45, 2.75) is 76.1 Å². The highest BCUT2D eigenvalue weighted by molar-refractivity contribution is 8.00. The summed E-state index contributed by atoms with van der Waals surface area (Å²) in [5.41, 5.74) is 6.05. The maximum Gasteiger partial charge on any atom is 0.292 e. The van der Waals surface area contributed by atoms with Gasteiger partial charge in [0.05, 0.1) is 39.9 Å². The Kier molecular flexibility index (Phi) is 15.9. The van der Waals surface area contributed by atoms with Crippen LogP contribution in [-0.4, -0.2) is 80.1 Å². The van der Waals surface area contributed by atoms with Gasteiger partial charge in [0.25, 0.3) is 18.8 Å². The molecule has 20 heteroatoms. The molecule has 0 radical (unpaired) electrons. The summed E-state index contributed by atoms with van der Waals surface area (Å²) in [5.74, 6) is 0.876. The van der Waals surface area contributed by atoms with Crippen molar-refractivity contribution in [3.8, 4) is 23.0 Å². The lowest BCUT2D eigenvalue weighted by Crippen LogP contribution is -2.30. The van der Waals surface area contributed by atoms with E-state index in [4.69, 9.17) is 22.3 Å². The fourth-order valence-electron chi connectivity index (χ4n) is 6.91. The summed E-state index contributed by atoms with van der Waals surface area (Å²) in [6.45, 7) is 4.41. The predicted molar refractivity (Wildman–Crippen MR) is 229 cm³/mol. The molecule has 4 unspecified atom stereocenters. The predicted octanol–water partition coefficient (Wildman–Crippen LogP) is 9.17. The van der Waals surface area contributed by atoms with Gasteiger partial charge in [0.15, 0.2) is 5.82 Å². The highest BCUT2D eigenvalue weighted by Gasteiger charge is 2.67. The summed E-state index contributed by atoms with van der Waals surface area (Å²) in [5, 5.41) is 8.48. The minimum absolute atomic E-state index is 0.149. The smallest absolute Gasteiger partial charge is 0.292 e. The maximum atomic E-state index is 14.1. The van der Waals surface area contributed by atoms with E-state index < -0.39 is 88.3 Å². The van der Waals surface area contributed by atoms with Crippen molar-refractivity contribution in [1.29, 1.82) is 0 Å². The van der Waals surface area contributed by atoms with E-state index in [1.165, 1.54) is 28.8 Å². The number of carbonyl (C=O) groups excluding carboxylic acids is 1. The number of pyridine rings is 1. The summed E-state index contributed by atoms with van der Waals surface area (Å²) in [6, 6.07) is 9.60. The molecular formula is C42H44ClF8N7O2S2. The van der Waals surface area contributed by atoms with E-state index in [1.807, 2.05) is 6.92 Å². The molecule has 2 heterocycles. The van der Waals surface area contributed by atoms with Crippen molar-refractivity contribution in [2.75, 3.05) is 30.3 Å². The van der Waals surface area contributed by atoms with Gasteiger partial charge in [-0.2, -0.15) is 13.9 Å². The third kappa shape index (κ3) is 11.0. The normalized spacial score (nSPS) is 19.1. The molecule has 0 aliphatic heterocycles. The van der Waals surface area contributed by atoms with Gasteiger partial charge in [-0.3, -0.25) is 13.9 Å². The topological polar surface area (TPSA) is 127 Å². The van der Waals surface area contributed by atoms with Gasteiger partial charge < -0.3 is 20.6 Å². The van der Waals surface area contributed by atoms with Gasteiger partial charge in [-0.1, -0.05) is 42.5 Å². The number of aldehydes is 1. The number of alkyl halides is 6. The van der Waals surface area contributed by atoms with E-state index >= 15 is 0 Å². The van der Waals surface area contributed by atoms with Gasteiger partial charge in [0.1, 0.15) is 40.6 Å². The second kappa shape index (κ2) is 20.3. The third-order valence-corrected chi connectivity index (χ3v) is 13.0. The van der Waals surface area contributed by atoms with E-state index in [0.717, 1.165) is 18.2 Å². The minimum Gasteiger partial charge on any atom is -0.397 e. The first kappa shape index (κ1) is 48.5. The number of allylic oxidation sites excluding steroid dienone is 2. The molecule has 2 saturated carbocycles. The number of nitrogens with zero attached hydrogens (tertiary/aromatic N) is 4. The molecule has 0 amide bonds. The van der Waals surface area contributed by atoms with Gasteiger partial charge in [-0.15, -0.1) is 0 Å². The Hall–Kier alpha value is -4.51. The molecule has 4 N–H and O–H groups in total. The molecule has 4 atom stereocenters. The molecule has 0 spiro atoms. The van der Waals surface area contributed by atoms with E-state index in [9.17, 15) is 44.1 Å². The fourth-order valence-corrected chi connectivity index (χ4v) is 7.93. The van der Waals surface area contributed by atoms with E-state index in [2.05, 4.69) is 32.0 Å². The third-order valence-electron chi connectivity index (χ3n) is 10.2. The number of aromatic nitrogens is 3. The van der Waals surface area contributed by atoms with Gasteiger partial charge in [0.2, 0.25) is 0 Å². The second-order valence-electron chi connectivity index (χ2n) is 15.0. The highest BCUT2D eigenvalue weighted by Crippen LogP contribution is 2.62. The molecule has 62 heavy (non-hydrogen) atoms. The average molecular weight is 930 g/mol. The Labute approximate surface area is 365 Å². The molecule has 2 fully saturated rings. The van der Waals surface area contributed by atoms with E-state index in [0.29, 0.717) is 56.1 Å². The number of aliphatic imine (C=N–C) groups is 1. The second-order valence-corrected chi connectivity index (χ2v) is 18.2. The van der Waals surface area contributed by atoms with Crippen LogP contribution in [-0.2, 0) is 28.6 Å². The van der Waals surface area contributed by atoms with Gasteiger partial charge in [-0.25, -0.2) is 31.3 Å². The number of carbonyl (C=O) groups is 1. The first-order valence-electron chi connectivity index (χ1n) is 19.2. The summed E-state index contributed by atoms with van der Waals surface area (Å²) in [4.78, 5) is 18.4. The lowest BCUT2D eigenvalue weighted by atomic mass is 9.94. The van der Waals surface area contributed by atoms with Crippen LogP contribution < -0.4 is 15.8 Å². The number of hydrogen-bond donors (Lipinski definition) is 3. The average Bonchev–Trinajstić information content (AvgIpc) is 3.88. The van der Waals surface area contributed by atoms with Crippen molar-refractivity contribution in [3.05, 3.63) is 87.3 Å². The van der Waals surface area contributed by atoms with Crippen LogP contribution in [0.4, 0.5) is 40.9 Å².